The van der Waals surface area contributed by atoms with E-state index in [4.69, 9.17) is 10.3 Å². The Kier molecular flexibility index (Phi) is 3.83. The van der Waals surface area contributed by atoms with Gasteiger partial charge in [-0.05, 0) is 31.2 Å². The van der Waals surface area contributed by atoms with E-state index in [9.17, 15) is 0 Å². The highest BCUT2D eigenvalue weighted by molar-refractivity contribution is 5.54. The third kappa shape index (κ3) is 2.75. The molecule has 1 aromatic heterocycles. The zero-order valence-electron chi connectivity index (χ0n) is 11.9. The van der Waals surface area contributed by atoms with Crippen molar-refractivity contribution in [1.29, 1.82) is 0 Å². The van der Waals surface area contributed by atoms with Crippen molar-refractivity contribution in [2.75, 3.05) is 0 Å². The number of rotatable bonds is 3. The molecule has 2 unspecified atom stereocenters. The molecule has 0 spiro atoms. The number of hydrogen-bond donors (Lipinski definition) is 1. The summed E-state index contributed by atoms with van der Waals surface area (Å²) in [6.45, 7) is 2.15. The highest BCUT2D eigenvalue weighted by Crippen LogP contribution is 2.32. The SMILES string of the molecule is CCc1ccc(-c2noc(C3CCCC(N)C3)n2)cc1. The Balaban J connectivity index is 1.78. The summed E-state index contributed by atoms with van der Waals surface area (Å²) in [6.07, 6.45) is 5.35. The Hall–Kier alpha value is -1.68. The van der Waals surface area contributed by atoms with E-state index in [1.165, 1.54) is 5.56 Å². The van der Waals surface area contributed by atoms with Gasteiger partial charge in [0.2, 0.25) is 11.7 Å². The highest BCUT2D eigenvalue weighted by atomic mass is 16.5. The van der Waals surface area contributed by atoms with Gasteiger partial charge in [0.05, 0.1) is 0 Å². The summed E-state index contributed by atoms with van der Waals surface area (Å²) in [4.78, 5) is 4.56. The van der Waals surface area contributed by atoms with Crippen molar-refractivity contribution in [1.82, 2.24) is 10.1 Å². The van der Waals surface area contributed by atoms with Gasteiger partial charge in [-0.15, -0.1) is 0 Å². The van der Waals surface area contributed by atoms with Crippen LogP contribution >= 0.6 is 0 Å². The van der Waals surface area contributed by atoms with E-state index in [2.05, 4.69) is 41.3 Å². The molecule has 1 aliphatic rings. The van der Waals surface area contributed by atoms with Crippen molar-refractivity contribution in [3.8, 4) is 11.4 Å². The van der Waals surface area contributed by atoms with Gasteiger partial charge >= 0.3 is 0 Å². The standard InChI is InChI=1S/C16H21N3O/c1-2-11-6-8-12(9-7-11)15-18-16(20-19-15)13-4-3-5-14(17)10-13/h6-9,13-14H,2-5,10,17H2,1H3. The summed E-state index contributed by atoms with van der Waals surface area (Å²) in [5, 5.41) is 4.12. The lowest BCUT2D eigenvalue weighted by Crippen LogP contribution is -2.26. The molecule has 20 heavy (non-hydrogen) atoms. The summed E-state index contributed by atoms with van der Waals surface area (Å²) in [5.41, 5.74) is 8.35. The molecule has 2 aromatic rings. The Morgan fingerprint density at radius 1 is 1.25 bits per heavy atom. The molecule has 0 bridgehead atoms. The molecular weight excluding hydrogens is 250 g/mol. The van der Waals surface area contributed by atoms with Crippen molar-refractivity contribution >= 4 is 0 Å². The first kappa shape index (κ1) is 13.3. The van der Waals surface area contributed by atoms with Crippen LogP contribution < -0.4 is 5.73 Å². The average Bonchev–Trinajstić information content (AvgIpc) is 2.97. The predicted molar refractivity (Wildman–Crippen MR) is 78.3 cm³/mol. The molecule has 0 saturated heterocycles. The molecule has 1 fully saturated rings. The van der Waals surface area contributed by atoms with Crippen LogP contribution in [0.15, 0.2) is 28.8 Å². The van der Waals surface area contributed by atoms with Crippen molar-refractivity contribution in [3.05, 3.63) is 35.7 Å². The molecule has 2 atom stereocenters. The molecule has 1 aliphatic carbocycles. The van der Waals surface area contributed by atoms with E-state index < -0.39 is 0 Å². The Morgan fingerprint density at radius 2 is 2.05 bits per heavy atom. The van der Waals surface area contributed by atoms with E-state index in [0.717, 1.165) is 43.6 Å². The van der Waals surface area contributed by atoms with E-state index in [-0.39, 0.29) is 6.04 Å². The minimum absolute atomic E-state index is 0.271. The average molecular weight is 271 g/mol. The second-order valence-electron chi connectivity index (χ2n) is 5.63. The van der Waals surface area contributed by atoms with Gasteiger partial charge in [-0.1, -0.05) is 42.8 Å². The molecule has 106 valence electrons. The summed E-state index contributed by atoms with van der Waals surface area (Å²) in [6, 6.07) is 8.61. The Bertz CT molecular complexity index is 561. The number of nitrogens with zero attached hydrogens (tertiary/aromatic N) is 2. The largest absolute Gasteiger partial charge is 0.339 e. The second kappa shape index (κ2) is 5.75. The fourth-order valence-corrected chi connectivity index (χ4v) is 2.86. The van der Waals surface area contributed by atoms with Gasteiger partial charge < -0.3 is 10.3 Å². The van der Waals surface area contributed by atoms with Gasteiger partial charge in [-0.3, -0.25) is 0 Å². The van der Waals surface area contributed by atoms with Crippen molar-refractivity contribution in [2.24, 2.45) is 5.73 Å². The third-order valence-electron chi connectivity index (χ3n) is 4.13. The van der Waals surface area contributed by atoms with Crippen LogP contribution in [0.5, 0.6) is 0 Å². The monoisotopic (exact) mass is 271 g/mol. The quantitative estimate of drug-likeness (QED) is 0.930. The van der Waals surface area contributed by atoms with Gasteiger partial charge in [0, 0.05) is 17.5 Å². The van der Waals surface area contributed by atoms with Crippen LogP contribution in [-0.2, 0) is 6.42 Å². The molecule has 0 amide bonds. The van der Waals surface area contributed by atoms with Crippen molar-refractivity contribution in [2.45, 2.75) is 51.0 Å². The maximum atomic E-state index is 6.02. The molecule has 3 rings (SSSR count). The smallest absolute Gasteiger partial charge is 0.230 e. The number of aromatic nitrogens is 2. The normalized spacial score (nSPS) is 22.9. The Labute approximate surface area is 119 Å². The molecule has 4 nitrogen and oxygen atoms in total. The van der Waals surface area contributed by atoms with Crippen LogP contribution in [0.1, 0.15) is 50.0 Å². The van der Waals surface area contributed by atoms with Gasteiger partial charge in [0.25, 0.3) is 0 Å². The van der Waals surface area contributed by atoms with E-state index in [1.54, 1.807) is 0 Å². The maximum absolute atomic E-state index is 6.02. The van der Waals surface area contributed by atoms with Crippen LogP contribution in [0.25, 0.3) is 11.4 Å². The van der Waals surface area contributed by atoms with Crippen LogP contribution in [-0.4, -0.2) is 16.2 Å². The molecule has 2 N–H and O–H groups in total. The predicted octanol–water partition coefficient (Wildman–Crippen LogP) is 3.28. The van der Waals surface area contributed by atoms with Gasteiger partial charge in [0.15, 0.2) is 0 Å². The van der Waals surface area contributed by atoms with Gasteiger partial charge in [-0.25, -0.2) is 0 Å². The van der Waals surface area contributed by atoms with Crippen molar-refractivity contribution < 1.29 is 4.52 Å². The molecule has 1 heterocycles. The van der Waals surface area contributed by atoms with E-state index in [0.29, 0.717) is 11.7 Å². The van der Waals surface area contributed by atoms with Crippen LogP contribution in [0.3, 0.4) is 0 Å². The zero-order chi connectivity index (χ0) is 13.9. The molecule has 1 aromatic carbocycles. The lowest BCUT2D eigenvalue weighted by molar-refractivity contribution is 0.299. The second-order valence-corrected chi connectivity index (χ2v) is 5.63. The maximum Gasteiger partial charge on any atom is 0.230 e. The summed E-state index contributed by atoms with van der Waals surface area (Å²) >= 11 is 0. The molecule has 0 radical (unpaired) electrons. The topological polar surface area (TPSA) is 64.9 Å². The van der Waals surface area contributed by atoms with Crippen LogP contribution in [0.4, 0.5) is 0 Å². The Morgan fingerprint density at radius 3 is 2.75 bits per heavy atom. The van der Waals surface area contributed by atoms with Crippen LogP contribution in [0, 0.1) is 0 Å². The first-order valence-electron chi connectivity index (χ1n) is 7.44. The summed E-state index contributed by atoms with van der Waals surface area (Å²) in [7, 11) is 0. The minimum Gasteiger partial charge on any atom is -0.339 e. The number of aryl methyl sites for hydroxylation is 1. The zero-order valence-corrected chi connectivity index (χ0v) is 11.9. The van der Waals surface area contributed by atoms with Gasteiger partial charge in [-0.2, -0.15) is 4.98 Å². The fourth-order valence-electron chi connectivity index (χ4n) is 2.86. The minimum atomic E-state index is 0.271. The lowest BCUT2D eigenvalue weighted by Gasteiger charge is -2.23. The number of hydrogen-bond acceptors (Lipinski definition) is 4. The van der Waals surface area contributed by atoms with Crippen molar-refractivity contribution in [3.63, 3.8) is 0 Å². The fraction of sp³-hybridized carbons (Fsp3) is 0.500. The number of benzene rings is 1. The van der Waals surface area contributed by atoms with Crippen LogP contribution in [0.2, 0.25) is 0 Å². The first-order chi connectivity index (χ1) is 9.76. The van der Waals surface area contributed by atoms with E-state index in [1.807, 2.05) is 0 Å². The summed E-state index contributed by atoms with van der Waals surface area (Å²) in [5.74, 6) is 1.76. The molecular formula is C16H21N3O. The third-order valence-corrected chi connectivity index (χ3v) is 4.13. The molecule has 0 aliphatic heterocycles. The van der Waals surface area contributed by atoms with Gasteiger partial charge in [0.1, 0.15) is 0 Å². The molecule has 1 saturated carbocycles. The number of nitrogens with two attached hydrogens (primary N) is 1. The molecule has 4 heteroatoms. The highest BCUT2D eigenvalue weighted by Gasteiger charge is 2.25. The lowest BCUT2D eigenvalue weighted by atomic mass is 9.86. The van der Waals surface area contributed by atoms with E-state index >= 15 is 0 Å². The first-order valence-corrected chi connectivity index (χ1v) is 7.44. The summed E-state index contributed by atoms with van der Waals surface area (Å²) < 4.78 is 5.45.